The van der Waals surface area contributed by atoms with Crippen molar-refractivity contribution in [3.8, 4) is 0 Å². The average Bonchev–Trinajstić information content (AvgIpc) is 2.26. The third kappa shape index (κ3) is 2.10. The average molecular weight is 197 g/mol. The third-order valence-electron chi connectivity index (χ3n) is 2.18. The Morgan fingerprint density at radius 2 is 2.07 bits per heavy atom. The Labute approximate surface area is 88.3 Å². The van der Waals surface area contributed by atoms with Gasteiger partial charge in [-0.25, -0.2) is 0 Å². The van der Waals surface area contributed by atoms with E-state index in [1.165, 1.54) is 0 Å². The highest BCUT2D eigenvalue weighted by molar-refractivity contribution is 5.95. The number of hydrogen-bond acceptors (Lipinski definition) is 2. The lowest BCUT2D eigenvalue weighted by Gasteiger charge is -1.99. The van der Waals surface area contributed by atoms with E-state index in [9.17, 15) is 4.79 Å². The zero-order chi connectivity index (χ0) is 10.7. The summed E-state index contributed by atoms with van der Waals surface area (Å²) in [6, 6.07) is 9.78. The van der Waals surface area contributed by atoms with Crippen LogP contribution in [0.25, 0.3) is 17.0 Å². The van der Waals surface area contributed by atoms with Gasteiger partial charge in [0.25, 0.3) is 0 Å². The van der Waals surface area contributed by atoms with E-state index < -0.39 is 0 Å². The molecule has 0 fully saturated rings. The number of rotatable bonds is 2. The molecule has 1 aromatic heterocycles. The van der Waals surface area contributed by atoms with E-state index in [2.05, 4.69) is 4.98 Å². The van der Waals surface area contributed by atoms with E-state index in [1.807, 2.05) is 36.4 Å². The molecule has 2 nitrogen and oxygen atoms in total. The molecule has 0 unspecified atom stereocenters. The first kappa shape index (κ1) is 9.59. The SMILES string of the molecule is CC(=O)/C=C/c1ccnc2ccccc12. The number of nitrogens with zero attached hydrogens (tertiary/aromatic N) is 1. The summed E-state index contributed by atoms with van der Waals surface area (Å²) >= 11 is 0. The molecule has 0 saturated heterocycles. The Morgan fingerprint density at radius 3 is 2.87 bits per heavy atom. The van der Waals surface area contributed by atoms with E-state index in [4.69, 9.17) is 0 Å². The predicted octanol–water partition coefficient (Wildman–Crippen LogP) is 2.84. The monoisotopic (exact) mass is 197 g/mol. The van der Waals surface area contributed by atoms with Crippen molar-refractivity contribution in [1.82, 2.24) is 4.98 Å². The van der Waals surface area contributed by atoms with Crippen molar-refractivity contribution >= 4 is 22.8 Å². The van der Waals surface area contributed by atoms with Crippen LogP contribution in [-0.4, -0.2) is 10.8 Å². The number of benzene rings is 1. The van der Waals surface area contributed by atoms with Crippen LogP contribution in [0, 0.1) is 0 Å². The maximum absolute atomic E-state index is 10.9. The Bertz CT molecular complexity index is 524. The molecule has 1 heterocycles. The second-order valence-electron chi connectivity index (χ2n) is 3.36. The maximum Gasteiger partial charge on any atom is 0.152 e. The lowest BCUT2D eigenvalue weighted by atomic mass is 10.1. The van der Waals surface area contributed by atoms with Gasteiger partial charge in [0.05, 0.1) is 5.52 Å². The van der Waals surface area contributed by atoms with Gasteiger partial charge in [-0.05, 0) is 30.7 Å². The smallest absolute Gasteiger partial charge is 0.152 e. The van der Waals surface area contributed by atoms with E-state index in [0.717, 1.165) is 16.5 Å². The highest BCUT2D eigenvalue weighted by Crippen LogP contribution is 2.17. The fourth-order valence-corrected chi connectivity index (χ4v) is 1.47. The van der Waals surface area contributed by atoms with Gasteiger partial charge in [-0.2, -0.15) is 0 Å². The van der Waals surface area contributed by atoms with Crippen molar-refractivity contribution < 1.29 is 4.79 Å². The fraction of sp³-hybridized carbons (Fsp3) is 0.0769. The van der Waals surface area contributed by atoms with Gasteiger partial charge in [-0.15, -0.1) is 0 Å². The molecule has 0 aliphatic heterocycles. The van der Waals surface area contributed by atoms with Crippen molar-refractivity contribution in [3.05, 3.63) is 48.2 Å². The van der Waals surface area contributed by atoms with E-state index in [0.29, 0.717) is 0 Å². The molecule has 2 heteroatoms. The summed E-state index contributed by atoms with van der Waals surface area (Å²) in [6.45, 7) is 1.54. The Kier molecular flexibility index (Phi) is 2.59. The lowest BCUT2D eigenvalue weighted by molar-refractivity contribution is -0.112. The van der Waals surface area contributed by atoms with Gasteiger partial charge in [0.2, 0.25) is 0 Å². The van der Waals surface area contributed by atoms with Gasteiger partial charge in [0.15, 0.2) is 5.78 Å². The Morgan fingerprint density at radius 1 is 1.27 bits per heavy atom. The topological polar surface area (TPSA) is 30.0 Å². The van der Waals surface area contributed by atoms with Crippen molar-refractivity contribution in [2.75, 3.05) is 0 Å². The molecule has 0 radical (unpaired) electrons. The van der Waals surface area contributed by atoms with Crippen LogP contribution in [0.3, 0.4) is 0 Å². The number of aromatic nitrogens is 1. The van der Waals surface area contributed by atoms with Crippen LogP contribution >= 0.6 is 0 Å². The summed E-state index contributed by atoms with van der Waals surface area (Å²) in [7, 11) is 0. The summed E-state index contributed by atoms with van der Waals surface area (Å²) < 4.78 is 0. The Balaban J connectivity index is 2.56. The van der Waals surface area contributed by atoms with Crippen molar-refractivity contribution in [3.63, 3.8) is 0 Å². The molecule has 0 N–H and O–H groups in total. The molecule has 0 aliphatic carbocycles. The van der Waals surface area contributed by atoms with Crippen LogP contribution in [0.2, 0.25) is 0 Å². The normalized spacial score (nSPS) is 11.0. The molecule has 0 saturated carbocycles. The Hall–Kier alpha value is -1.96. The second kappa shape index (κ2) is 4.05. The molecular formula is C13H11NO. The van der Waals surface area contributed by atoms with Gasteiger partial charge in [0.1, 0.15) is 0 Å². The van der Waals surface area contributed by atoms with Crippen LogP contribution in [-0.2, 0) is 4.79 Å². The molecule has 2 aromatic rings. The van der Waals surface area contributed by atoms with Crippen LogP contribution in [0.15, 0.2) is 42.6 Å². The zero-order valence-electron chi connectivity index (χ0n) is 8.47. The summed E-state index contributed by atoms with van der Waals surface area (Å²) in [5, 5.41) is 1.07. The molecule has 0 spiro atoms. The van der Waals surface area contributed by atoms with Gasteiger partial charge in [0, 0.05) is 11.6 Å². The van der Waals surface area contributed by atoms with Gasteiger partial charge >= 0.3 is 0 Å². The minimum Gasteiger partial charge on any atom is -0.295 e. The van der Waals surface area contributed by atoms with Crippen LogP contribution in [0.4, 0.5) is 0 Å². The number of pyridine rings is 1. The van der Waals surface area contributed by atoms with Crippen molar-refractivity contribution in [2.45, 2.75) is 6.92 Å². The number of para-hydroxylation sites is 1. The zero-order valence-corrected chi connectivity index (χ0v) is 8.47. The second-order valence-corrected chi connectivity index (χ2v) is 3.36. The number of carbonyl (C=O) groups is 1. The highest BCUT2D eigenvalue weighted by atomic mass is 16.1. The van der Waals surface area contributed by atoms with Crippen LogP contribution in [0.1, 0.15) is 12.5 Å². The number of hydrogen-bond donors (Lipinski definition) is 0. The molecule has 0 amide bonds. The number of fused-ring (bicyclic) bond motifs is 1. The first-order chi connectivity index (χ1) is 7.27. The largest absolute Gasteiger partial charge is 0.295 e. The van der Waals surface area contributed by atoms with Gasteiger partial charge in [-0.3, -0.25) is 9.78 Å². The van der Waals surface area contributed by atoms with Crippen molar-refractivity contribution in [2.24, 2.45) is 0 Å². The molecule has 2 rings (SSSR count). The molecular weight excluding hydrogens is 186 g/mol. The summed E-state index contributed by atoms with van der Waals surface area (Å²) in [4.78, 5) is 15.1. The predicted molar refractivity (Wildman–Crippen MR) is 61.5 cm³/mol. The van der Waals surface area contributed by atoms with E-state index >= 15 is 0 Å². The quantitative estimate of drug-likeness (QED) is 0.693. The van der Waals surface area contributed by atoms with Crippen LogP contribution < -0.4 is 0 Å². The standard InChI is InChI=1S/C13H11NO/c1-10(15)6-7-11-8-9-14-13-5-3-2-4-12(11)13/h2-9H,1H3/b7-6+. The van der Waals surface area contributed by atoms with Crippen LogP contribution in [0.5, 0.6) is 0 Å². The minimum absolute atomic E-state index is 0.0518. The molecule has 15 heavy (non-hydrogen) atoms. The molecule has 0 bridgehead atoms. The minimum atomic E-state index is 0.0518. The number of carbonyl (C=O) groups excluding carboxylic acids is 1. The summed E-state index contributed by atoms with van der Waals surface area (Å²) in [5.41, 5.74) is 1.97. The third-order valence-corrected chi connectivity index (χ3v) is 2.18. The summed E-state index contributed by atoms with van der Waals surface area (Å²) in [5.74, 6) is 0.0518. The van der Waals surface area contributed by atoms with Crippen molar-refractivity contribution in [1.29, 1.82) is 0 Å². The fourth-order valence-electron chi connectivity index (χ4n) is 1.47. The maximum atomic E-state index is 10.9. The first-order valence-electron chi connectivity index (χ1n) is 4.80. The first-order valence-corrected chi connectivity index (χ1v) is 4.80. The lowest BCUT2D eigenvalue weighted by Crippen LogP contribution is -1.84. The molecule has 74 valence electrons. The highest BCUT2D eigenvalue weighted by Gasteiger charge is 1.97. The molecule has 0 aliphatic rings. The molecule has 1 aromatic carbocycles. The summed E-state index contributed by atoms with van der Waals surface area (Å²) in [6.07, 6.45) is 5.15. The number of ketones is 1. The van der Waals surface area contributed by atoms with Gasteiger partial charge in [-0.1, -0.05) is 24.3 Å². The number of allylic oxidation sites excluding steroid dienone is 1. The molecule has 0 atom stereocenters. The van der Waals surface area contributed by atoms with Gasteiger partial charge < -0.3 is 0 Å². The van der Waals surface area contributed by atoms with E-state index in [1.54, 1.807) is 19.2 Å². The van der Waals surface area contributed by atoms with E-state index in [-0.39, 0.29) is 5.78 Å².